The molecule has 0 aliphatic carbocycles. The minimum Gasteiger partial charge on any atom is -0.378 e. The van der Waals surface area contributed by atoms with Crippen molar-refractivity contribution < 1.29 is 4.74 Å². The molecule has 2 rings (SSSR count). The van der Waals surface area contributed by atoms with Gasteiger partial charge in [0.05, 0.1) is 13.2 Å². The van der Waals surface area contributed by atoms with Crippen LogP contribution in [0.4, 0.5) is 11.4 Å². The van der Waals surface area contributed by atoms with Crippen LogP contribution in [-0.4, -0.2) is 38.0 Å². The van der Waals surface area contributed by atoms with Gasteiger partial charge >= 0.3 is 0 Å². The van der Waals surface area contributed by atoms with Crippen molar-refractivity contribution in [2.45, 2.75) is 13.3 Å². The third-order valence-electron chi connectivity index (χ3n) is 3.04. The van der Waals surface area contributed by atoms with E-state index in [1.54, 1.807) is 0 Å². The van der Waals surface area contributed by atoms with Crippen LogP contribution < -0.4 is 15.5 Å². The highest BCUT2D eigenvalue weighted by Crippen LogP contribution is 2.18. The Kier molecular flexibility index (Phi) is 5.42. The van der Waals surface area contributed by atoms with Crippen molar-refractivity contribution in [1.82, 2.24) is 5.32 Å². The zero-order valence-corrected chi connectivity index (χ0v) is 12.1. The maximum atomic E-state index is 5.36. The summed E-state index contributed by atoms with van der Waals surface area (Å²) in [4.78, 5) is 2.33. The van der Waals surface area contributed by atoms with Crippen molar-refractivity contribution in [1.29, 1.82) is 0 Å². The molecule has 1 aromatic carbocycles. The normalized spacial score (nSPS) is 15.1. The van der Waals surface area contributed by atoms with E-state index in [1.165, 1.54) is 5.69 Å². The Balaban J connectivity index is 1.88. The first kappa shape index (κ1) is 14.1. The maximum absolute atomic E-state index is 5.36. The van der Waals surface area contributed by atoms with Crippen molar-refractivity contribution in [2.24, 2.45) is 0 Å². The first-order chi connectivity index (χ1) is 9.29. The molecular weight excluding hydrogens is 258 g/mol. The predicted octanol–water partition coefficient (Wildman–Crippen LogP) is 2.22. The molecule has 19 heavy (non-hydrogen) atoms. The van der Waals surface area contributed by atoms with E-state index in [-0.39, 0.29) is 0 Å². The molecule has 0 saturated carbocycles. The van der Waals surface area contributed by atoms with Crippen LogP contribution in [0.2, 0.25) is 0 Å². The Hall–Kier alpha value is -1.33. The Morgan fingerprint density at radius 1 is 1.26 bits per heavy atom. The second-order valence-electron chi connectivity index (χ2n) is 4.53. The smallest absolute Gasteiger partial charge is 0.170 e. The average molecular weight is 279 g/mol. The summed E-state index contributed by atoms with van der Waals surface area (Å²) in [6, 6.07) is 8.36. The molecule has 4 nitrogen and oxygen atoms in total. The number of hydrogen-bond donors (Lipinski definition) is 2. The highest BCUT2D eigenvalue weighted by molar-refractivity contribution is 7.80. The topological polar surface area (TPSA) is 36.5 Å². The van der Waals surface area contributed by atoms with Crippen LogP contribution in [0.25, 0.3) is 0 Å². The fourth-order valence-corrected chi connectivity index (χ4v) is 2.21. The van der Waals surface area contributed by atoms with E-state index < -0.39 is 0 Å². The van der Waals surface area contributed by atoms with Gasteiger partial charge in [-0.1, -0.05) is 6.92 Å². The number of hydrogen-bond acceptors (Lipinski definition) is 3. The van der Waals surface area contributed by atoms with Gasteiger partial charge < -0.3 is 20.3 Å². The third kappa shape index (κ3) is 4.36. The van der Waals surface area contributed by atoms with Crippen LogP contribution in [0, 0.1) is 0 Å². The summed E-state index contributed by atoms with van der Waals surface area (Å²) >= 11 is 5.21. The van der Waals surface area contributed by atoms with Gasteiger partial charge in [0, 0.05) is 31.0 Å². The molecule has 0 amide bonds. The van der Waals surface area contributed by atoms with Gasteiger partial charge in [0.25, 0.3) is 0 Å². The molecule has 1 fully saturated rings. The molecule has 104 valence electrons. The van der Waals surface area contributed by atoms with Crippen LogP contribution in [0.1, 0.15) is 13.3 Å². The van der Waals surface area contributed by atoms with Gasteiger partial charge in [-0.3, -0.25) is 0 Å². The minimum absolute atomic E-state index is 0.681. The number of ether oxygens (including phenoxy) is 1. The van der Waals surface area contributed by atoms with Gasteiger partial charge in [-0.05, 0) is 42.9 Å². The quantitative estimate of drug-likeness (QED) is 0.827. The molecule has 0 atom stereocenters. The van der Waals surface area contributed by atoms with Crippen LogP contribution in [0.15, 0.2) is 24.3 Å². The molecule has 0 aromatic heterocycles. The summed E-state index contributed by atoms with van der Waals surface area (Å²) in [6.45, 7) is 6.56. The van der Waals surface area contributed by atoms with Crippen molar-refractivity contribution in [3.63, 3.8) is 0 Å². The molecule has 1 heterocycles. The first-order valence-electron chi connectivity index (χ1n) is 6.77. The average Bonchev–Trinajstić information content (AvgIpc) is 2.47. The standard InChI is InChI=1S/C14H21N3OS/c1-2-7-15-14(19)16-12-3-5-13(6-4-12)17-8-10-18-11-9-17/h3-6H,2,7-11H2,1H3,(H2,15,16,19). The van der Waals surface area contributed by atoms with Gasteiger partial charge in [0.2, 0.25) is 0 Å². The Morgan fingerprint density at radius 3 is 2.58 bits per heavy atom. The Bertz CT molecular complexity index is 402. The second-order valence-corrected chi connectivity index (χ2v) is 4.94. The van der Waals surface area contributed by atoms with Gasteiger partial charge in [0.1, 0.15) is 0 Å². The summed E-state index contributed by atoms with van der Waals surface area (Å²) < 4.78 is 5.36. The van der Waals surface area contributed by atoms with Gasteiger partial charge in [-0.2, -0.15) is 0 Å². The van der Waals surface area contributed by atoms with E-state index >= 15 is 0 Å². The van der Waals surface area contributed by atoms with Crippen LogP contribution >= 0.6 is 12.2 Å². The molecule has 0 radical (unpaired) electrons. The summed E-state index contributed by atoms with van der Waals surface area (Å²) in [5, 5.41) is 7.02. The van der Waals surface area contributed by atoms with Gasteiger partial charge in [-0.25, -0.2) is 0 Å². The molecule has 2 N–H and O–H groups in total. The first-order valence-corrected chi connectivity index (χ1v) is 7.18. The summed E-state index contributed by atoms with van der Waals surface area (Å²) in [7, 11) is 0. The van der Waals surface area contributed by atoms with E-state index in [9.17, 15) is 0 Å². The summed E-state index contributed by atoms with van der Waals surface area (Å²) in [6.07, 6.45) is 1.07. The number of rotatable bonds is 4. The lowest BCUT2D eigenvalue weighted by atomic mass is 10.2. The zero-order chi connectivity index (χ0) is 13.5. The lowest BCUT2D eigenvalue weighted by molar-refractivity contribution is 0.122. The van der Waals surface area contributed by atoms with Crippen molar-refractivity contribution in [3.8, 4) is 0 Å². The molecular formula is C14H21N3OS. The monoisotopic (exact) mass is 279 g/mol. The summed E-state index contributed by atoms with van der Waals surface area (Å²) in [5.74, 6) is 0. The molecule has 0 bridgehead atoms. The molecule has 5 heteroatoms. The van der Waals surface area contributed by atoms with Crippen LogP contribution in [0.5, 0.6) is 0 Å². The number of benzene rings is 1. The zero-order valence-electron chi connectivity index (χ0n) is 11.3. The van der Waals surface area contributed by atoms with E-state index in [0.29, 0.717) is 5.11 Å². The minimum atomic E-state index is 0.681. The number of nitrogens with zero attached hydrogens (tertiary/aromatic N) is 1. The molecule has 1 saturated heterocycles. The number of anilines is 2. The fraction of sp³-hybridized carbons (Fsp3) is 0.500. The third-order valence-corrected chi connectivity index (χ3v) is 3.28. The van der Waals surface area contributed by atoms with E-state index in [0.717, 1.165) is 45.0 Å². The lowest BCUT2D eigenvalue weighted by Crippen LogP contribution is -2.36. The highest BCUT2D eigenvalue weighted by atomic mass is 32.1. The largest absolute Gasteiger partial charge is 0.378 e. The number of nitrogens with one attached hydrogen (secondary N) is 2. The van der Waals surface area contributed by atoms with Gasteiger partial charge in [0.15, 0.2) is 5.11 Å². The van der Waals surface area contributed by atoms with Crippen molar-refractivity contribution >= 4 is 28.7 Å². The molecule has 1 aliphatic heterocycles. The number of thiocarbonyl (C=S) groups is 1. The second kappa shape index (κ2) is 7.31. The number of morpholine rings is 1. The predicted molar refractivity (Wildman–Crippen MR) is 84.0 cm³/mol. The van der Waals surface area contributed by atoms with Crippen molar-refractivity contribution in [2.75, 3.05) is 43.1 Å². The van der Waals surface area contributed by atoms with Crippen molar-refractivity contribution in [3.05, 3.63) is 24.3 Å². The highest BCUT2D eigenvalue weighted by Gasteiger charge is 2.10. The van der Waals surface area contributed by atoms with E-state index in [1.807, 2.05) is 0 Å². The molecule has 1 aromatic rings. The Labute approximate surface area is 120 Å². The van der Waals surface area contributed by atoms with Gasteiger partial charge in [-0.15, -0.1) is 0 Å². The SMILES string of the molecule is CCCNC(=S)Nc1ccc(N2CCOCC2)cc1. The van der Waals surface area contributed by atoms with E-state index in [2.05, 4.69) is 46.7 Å². The molecule has 1 aliphatic rings. The van der Waals surface area contributed by atoms with E-state index in [4.69, 9.17) is 17.0 Å². The maximum Gasteiger partial charge on any atom is 0.170 e. The lowest BCUT2D eigenvalue weighted by Gasteiger charge is -2.29. The Morgan fingerprint density at radius 2 is 1.95 bits per heavy atom. The molecule has 0 unspecified atom stereocenters. The van der Waals surface area contributed by atoms with Crippen LogP contribution in [0.3, 0.4) is 0 Å². The van der Waals surface area contributed by atoms with Crippen LogP contribution in [-0.2, 0) is 4.74 Å². The fourth-order valence-electron chi connectivity index (χ4n) is 1.99. The summed E-state index contributed by atoms with van der Waals surface area (Å²) in [5.41, 5.74) is 2.26. The molecule has 0 spiro atoms.